The zero-order valence-electron chi connectivity index (χ0n) is 19.1. The monoisotopic (exact) mass is 465 g/mol. The maximum Gasteiger partial charge on any atom is 0.229 e. The first kappa shape index (κ1) is 23.4. The fraction of sp³-hybridized carbons (Fsp3) is 0.370. The molecular weight excluding hydrogens is 437 g/mol. The second kappa shape index (κ2) is 10.4. The molecule has 1 N–H and O–H groups in total. The first-order valence-corrected chi connectivity index (χ1v) is 12.0. The van der Waals surface area contributed by atoms with E-state index in [0.29, 0.717) is 29.6 Å². The highest BCUT2D eigenvalue weighted by molar-refractivity contribution is 6.30. The number of hydrogen-bond acceptors (Lipinski definition) is 3. The van der Waals surface area contributed by atoms with Gasteiger partial charge in [0.2, 0.25) is 5.91 Å². The van der Waals surface area contributed by atoms with Crippen LogP contribution >= 0.6 is 11.6 Å². The molecular formula is C27H29ClFN3O. The lowest BCUT2D eigenvalue weighted by Gasteiger charge is -2.22. The van der Waals surface area contributed by atoms with Crippen molar-refractivity contribution in [2.45, 2.75) is 58.8 Å². The van der Waals surface area contributed by atoms with Crippen LogP contribution in [-0.2, 0) is 30.5 Å². The number of carbonyl (C=O) groups is 1. The number of amides is 1. The number of aryl methyl sites for hydroxylation is 2. The van der Waals surface area contributed by atoms with Crippen molar-refractivity contribution in [2.24, 2.45) is 5.92 Å². The Kier molecular flexibility index (Phi) is 7.39. The van der Waals surface area contributed by atoms with Crippen LogP contribution in [0.2, 0.25) is 5.02 Å². The third kappa shape index (κ3) is 5.77. The molecule has 4 nitrogen and oxygen atoms in total. The largest absolute Gasteiger partial charge is 0.309 e. The van der Waals surface area contributed by atoms with Crippen LogP contribution in [-0.4, -0.2) is 15.9 Å². The number of aromatic nitrogens is 2. The minimum atomic E-state index is -0.232. The highest BCUT2D eigenvalue weighted by Crippen LogP contribution is 2.34. The summed E-state index contributed by atoms with van der Waals surface area (Å²) in [5.41, 5.74) is 5.23. The highest BCUT2D eigenvalue weighted by Gasteiger charge is 2.23. The Balaban J connectivity index is 1.64. The third-order valence-electron chi connectivity index (χ3n) is 6.12. The molecule has 4 rings (SSSR count). The first-order valence-electron chi connectivity index (χ1n) is 11.7. The molecule has 3 aromatic rings. The topological polar surface area (TPSA) is 54.9 Å². The highest BCUT2D eigenvalue weighted by atomic mass is 35.5. The summed E-state index contributed by atoms with van der Waals surface area (Å²) in [6, 6.07) is 12.1. The van der Waals surface area contributed by atoms with E-state index in [1.54, 1.807) is 24.3 Å². The van der Waals surface area contributed by atoms with Gasteiger partial charge < -0.3 is 5.32 Å². The lowest BCUT2D eigenvalue weighted by Crippen LogP contribution is -2.20. The molecule has 0 saturated carbocycles. The second-order valence-electron chi connectivity index (χ2n) is 8.92. The van der Waals surface area contributed by atoms with Crippen LogP contribution in [0.4, 0.5) is 10.2 Å². The number of nitrogens with zero attached hydrogens (tertiary/aromatic N) is 2. The molecule has 1 amide bonds. The van der Waals surface area contributed by atoms with E-state index < -0.39 is 0 Å². The van der Waals surface area contributed by atoms with Crippen molar-refractivity contribution in [3.05, 3.63) is 75.8 Å². The van der Waals surface area contributed by atoms with Crippen molar-refractivity contribution >= 4 is 23.3 Å². The van der Waals surface area contributed by atoms with Crippen LogP contribution < -0.4 is 5.32 Å². The number of anilines is 1. The molecule has 2 aromatic carbocycles. The van der Waals surface area contributed by atoms with Gasteiger partial charge in [-0.05, 0) is 66.6 Å². The fourth-order valence-corrected chi connectivity index (χ4v) is 4.47. The molecule has 1 heterocycles. The molecule has 0 saturated heterocycles. The van der Waals surface area contributed by atoms with E-state index in [4.69, 9.17) is 21.6 Å². The molecule has 1 unspecified atom stereocenters. The quantitative estimate of drug-likeness (QED) is 0.408. The van der Waals surface area contributed by atoms with Gasteiger partial charge in [0.1, 0.15) is 5.82 Å². The Labute approximate surface area is 199 Å². The average molecular weight is 466 g/mol. The number of unbranched alkanes of at least 4 members (excludes halogenated alkanes) is 1. The van der Waals surface area contributed by atoms with Crippen molar-refractivity contribution < 1.29 is 9.18 Å². The number of hydrogen-bond donors (Lipinski definition) is 1. The van der Waals surface area contributed by atoms with Crippen LogP contribution in [0.3, 0.4) is 0 Å². The summed E-state index contributed by atoms with van der Waals surface area (Å²) in [5.74, 6) is 0.596. The normalized spacial score (nSPS) is 13.2. The van der Waals surface area contributed by atoms with Gasteiger partial charge in [-0.3, -0.25) is 4.79 Å². The minimum Gasteiger partial charge on any atom is -0.309 e. The molecule has 172 valence electrons. The van der Waals surface area contributed by atoms with Crippen molar-refractivity contribution in [3.63, 3.8) is 0 Å². The summed E-state index contributed by atoms with van der Waals surface area (Å²) in [6.07, 6.45) is 5.74. The van der Waals surface area contributed by atoms with Crippen molar-refractivity contribution in [1.29, 1.82) is 0 Å². The molecule has 6 heteroatoms. The Hall–Kier alpha value is -2.79. The van der Waals surface area contributed by atoms with Gasteiger partial charge in [-0.1, -0.05) is 56.8 Å². The summed E-state index contributed by atoms with van der Waals surface area (Å²) in [4.78, 5) is 22.7. The maximum atomic E-state index is 13.8. The van der Waals surface area contributed by atoms with Gasteiger partial charge in [0, 0.05) is 10.6 Å². The molecule has 0 spiro atoms. The van der Waals surface area contributed by atoms with Gasteiger partial charge in [0.15, 0.2) is 5.82 Å². The molecule has 0 radical (unpaired) electrons. The van der Waals surface area contributed by atoms with Crippen LogP contribution in [0.25, 0.3) is 11.3 Å². The molecule has 1 aliphatic rings. The van der Waals surface area contributed by atoms with Gasteiger partial charge in [-0.15, -0.1) is 0 Å². The third-order valence-corrected chi connectivity index (χ3v) is 6.37. The summed E-state index contributed by atoms with van der Waals surface area (Å²) < 4.78 is 13.8. The molecule has 0 fully saturated rings. The molecule has 1 aromatic heterocycles. The number of rotatable bonds is 8. The van der Waals surface area contributed by atoms with Gasteiger partial charge in [-0.2, -0.15) is 0 Å². The van der Waals surface area contributed by atoms with E-state index in [1.165, 1.54) is 6.07 Å². The smallest absolute Gasteiger partial charge is 0.229 e. The van der Waals surface area contributed by atoms with Crippen LogP contribution in [0.5, 0.6) is 0 Å². The Morgan fingerprint density at radius 3 is 2.70 bits per heavy atom. The van der Waals surface area contributed by atoms with Gasteiger partial charge in [-0.25, -0.2) is 14.4 Å². The van der Waals surface area contributed by atoms with E-state index in [2.05, 4.69) is 19.2 Å². The second-order valence-corrected chi connectivity index (χ2v) is 9.36. The van der Waals surface area contributed by atoms with Crippen molar-refractivity contribution in [1.82, 2.24) is 9.97 Å². The zero-order valence-corrected chi connectivity index (χ0v) is 19.9. The zero-order chi connectivity index (χ0) is 23.4. The van der Waals surface area contributed by atoms with E-state index >= 15 is 0 Å². The Bertz CT molecular complexity index is 1150. The molecule has 1 atom stereocenters. The van der Waals surface area contributed by atoms with Crippen molar-refractivity contribution in [3.8, 4) is 11.3 Å². The Morgan fingerprint density at radius 2 is 1.94 bits per heavy atom. The number of nitrogens with one attached hydrogen (secondary N) is 1. The SMILES string of the molecule is CCCCC(C)Cc1nc2c(nc1NC(=O)Cc1ccc(Cl)cc1)CCc1cc(F)ccc1-2. The molecule has 1 aliphatic carbocycles. The Morgan fingerprint density at radius 1 is 1.15 bits per heavy atom. The molecule has 0 bridgehead atoms. The van der Waals surface area contributed by atoms with E-state index in [-0.39, 0.29) is 18.1 Å². The van der Waals surface area contributed by atoms with Gasteiger partial charge >= 0.3 is 0 Å². The number of carbonyl (C=O) groups excluding carboxylic acids is 1. The minimum absolute atomic E-state index is 0.132. The van der Waals surface area contributed by atoms with Gasteiger partial charge in [0.05, 0.1) is 23.5 Å². The predicted molar refractivity (Wildman–Crippen MR) is 131 cm³/mol. The lowest BCUT2D eigenvalue weighted by molar-refractivity contribution is -0.115. The molecule has 0 aliphatic heterocycles. The van der Waals surface area contributed by atoms with Crippen molar-refractivity contribution in [2.75, 3.05) is 5.32 Å². The van der Waals surface area contributed by atoms with Gasteiger partial charge in [0.25, 0.3) is 0 Å². The van der Waals surface area contributed by atoms with E-state index in [1.807, 2.05) is 12.1 Å². The summed E-state index contributed by atoms with van der Waals surface area (Å²) in [7, 11) is 0. The molecule has 33 heavy (non-hydrogen) atoms. The van der Waals surface area contributed by atoms with Crippen LogP contribution in [0.15, 0.2) is 42.5 Å². The first-order chi connectivity index (χ1) is 15.9. The lowest BCUT2D eigenvalue weighted by atomic mass is 9.91. The van der Waals surface area contributed by atoms with Crippen LogP contribution in [0.1, 0.15) is 55.6 Å². The fourth-order valence-electron chi connectivity index (χ4n) is 4.34. The summed E-state index contributed by atoms with van der Waals surface area (Å²) in [5, 5.41) is 3.65. The predicted octanol–water partition coefficient (Wildman–Crippen LogP) is 6.58. The number of benzene rings is 2. The van der Waals surface area contributed by atoms with Crippen LogP contribution in [0, 0.1) is 11.7 Å². The number of halogens is 2. The van der Waals surface area contributed by atoms with E-state index in [0.717, 1.165) is 59.5 Å². The summed E-state index contributed by atoms with van der Waals surface area (Å²) >= 11 is 5.96. The summed E-state index contributed by atoms with van der Waals surface area (Å²) in [6.45, 7) is 4.39. The maximum absolute atomic E-state index is 13.8. The number of fused-ring (bicyclic) bond motifs is 3. The standard InChI is InChI=1S/C27H29ClFN3O/c1-3-4-5-17(2)14-24-27(32-25(33)15-18-6-9-20(28)10-7-18)31-23-13-8-19-16-21(29)11-12-22(19)26(23)30-24/h6-7,9-12,16-17H,3-5,8,13-15H2,1-2H3,(H,31,32,33). The van der Waals surface area contributed by atoms with E-state index in [9.17, 15) is 9.18 Å². The average Bonchev–Trinajstić information content (AvgIpc) is 2.79.